The van der Waals surface area contributed by atoms with Crippen molar-refractivity contribution >= 4 is 17.4 Å². The molecule has 0 aliphatic rings. The number of alkyl halides is 2. The van der Waals surface area contributed by atoms with Crippen LogP contribution in [0.5, 0.6) is 0 Å². The van der Waals surface area contributed by atoms with Gasteiger partial charge in [-0.3, -0.25) is 10.1 Å². The van der Waals surface area contributed by atoms with Gasteiger partial charge in [0.2, 0.25) is 11.0 Å². The maximum atomic E-state index is 12.5. The summed E-state index contributed by atoms with van der Waals surface area (Å²) < 4.78 is 25.7. The van der Waals surface area contributed by atoms with Crippen LogP contribution in [0.2, 0.25) is 0 Å². The molecule has 0 aliphatic heterocycles. The minimum Gasteiger partial charge on any atom is -0.335 e. The number of nitrogen functional groups attached to an aromatic ring is 1. The van der Waals surface area contributed by atoms with E-state index in [0.29, 0.717) is 15.1 Å². The van der Waals surface area contributed by atoms with E-state index < -0.39 is 17.2 Å². The number of non-ortho nitro benzene ring substituents is 1. The molecule has 0 saturated heterocycles. The molecule has 0 unspecified atom stereocenters. The normalized spacial score (nSPS) is 11.0. The standard InChI is InChI=1S/C10H9F2N5O2S/c1-5-4-6(17(18)19)2-3-7(5)20-10-15-14-9(8(11)12)16(10)13/h2-4,8H,13H2,1H3. The number of halogens is 2. The Morgan fingerprint density at radius 1 is 1.45 bits per heavy atom. The number of nitrogens with zero attached hydrogens (tertiary/aromatic N) is 4. The molecule has 0 spiro atoms. The van der Waals surface area contributed by atoms with E-state index in [1.54, 1.807) is 6.92 Å². The number of nitro benzene ring substituents is 1. The van der Waals surface area contributed by atoms with Crippen LogP contribution < -0.4 is 5.84 Å². The Labute approximate surface area is 115 Å². The summed E-state index contributed by atoms with van der Waals surface area (Å²) >= 11 is 1.01. The fourth-order valence-corrected chi connectivity index (χ4v) is 2.29. The lowest BCUT2D eigenvalue weighted by atomic mass is 10.2. The van der Waals surface area contributed by atoms with E-state index in [1.807, 2.05) is 0 Å². The molecule has 0 amide bonds. The number of rotatable bonds is 4. The van der Waals surface area contributed by atoms with Crippen molar-refractivity contribution in [3.63, 3.8) is 0 Å². The van der Waals surface area contributed by atoms with Gasteiger partial charge in [-0.1, -0.05) is 0 Å². The molecule has 20 heavy (non-hydrogen) atoms. The van der Waals surface area contributed by atoms with Crippen molar-refractivity contribution < 1.29 is 13.7 Å². The summed E-state index contributed by atoms with van der Waals surface area (Å²) in [6.45, 7) is 1.67. The van der Waals surface area contributed by atoms with E-state index in [9.17, 15) is 18.9 Å². The summed E-state index contributed by atoms with van der Waals surface area (Å²) in [5.41, 5.74) is 0.570. The average Bonchev–Trinajstić information content (AvgIpc) is 2.73. The highest BCUT2D eigenvalue weighted by Crippen LogP contribution is 2.31. The molecular weight excluding hydrogens is 292 g/mol. The number of benzene rings is 1. The van der Waals surface area contributed by atoms with E-state index >= 15 is 0 Å². The smallest absolute Gasteiger partial charge is 0.299 e. The van der Waals surface area contributed by atoms with Crippen LogP contribution in [0, 0.1) is 17.0 Å². The van der Waals surface area contributed by atoms with Crippen molar-refractivity contribution in [2.45, 2.75) is 23.4 Å². The zero-order valence-corrected chi connectivity index (χ0v) is 11.0. The molecule has 0 bridgehead atoms. The van der Waals surface area contributed by atoms with E-state index in [-0.39, 0.29) is 10.8 Å². The summed E-state index contributed by atoms with van der Waals surface area (Å²) in [4.78, 5) is 10.7. The Bertz CT molecular complexity index is 661. The molecule has 10 heteroatoms. The molecule has 106 valence electrons. The van der Waals surface area contributed by atoms with Crippen LogP contribution in [0.15, 0.2) is 28.3 Å². The lowest BCUT2D eigenvalue weighted by Gasteiger charge is -2.05. The summed E-state index contributed by atoms with van der Waals surface area (Å²) in [6.07, 6.45) is -2.82. The summed E-state index contributed by atoms with van der Waals surface area (Å²) in [6, 6.07) is 4.21. The van der Waals surface area contributed by atoms with E-state index in [1.165, 1.54) is 18.2 Å². The minimum atomic E-state index is -2.82. The molecule has 0 aliphatic carbocycles. The maximum Gasteiger partial charge on any atom is 0.299 e. The SMILES string of the molecule is Cc1cc([N+](=O)[O-])ccc1Sc1nnc(C(F)F)n1N. The Morgan fingerprint density at radius 2 is 2.15 bits per heavy atom. The molecule has 2 aromatic rings. The molecule has 0 atom stereocenters. The fraction of sp³-hybridized carbons (Fsp3) is 0.200. The quantitative estimate of drug-likeness (QED) is 0.528. The van der Waals surface area contributed by atoms with Crippen LogP contribution in [0.4, 0.5) is 14.5 Å². The topological polar surface area (TPSA) is 99.9 Å². The van der Waals surface area contributed by atoms with E-state index in [4.69, 9.17) is 5.84 Å². The average molecular weight is 301 g/mol. The van der Waals surface area contributed by atoms with Gasteiger partial charge in [0.1, 0.15) is 0 Å². The van der Waals surface area contributed by atoms with Crippen molar-refractivity contribution in [3.05, 3.63) is 39.7 Å². The van der Waals surface area contributed by atoms with Gasteiger partial charge in [0, 0.05) is 17.0 Å². The molecule has 7 nitrogen and oxygen atoms in total. The van der Waals surface area contributed by atoms with Gasteiger partial charge in [-0.05, 0) is 30.3 Å². The minimum absolute atomic E-state index is 0.0469. The summed E-state index contributed by atoms with van der Waals surface area (Å²) in [5.74, 6) is 4.83. The van der Waals surface area contributed by atoms with Crippen LogP contribution in [0.1, 0.15) is 17.8 Å². The maximum absolute atomic E-state index is 12.5. The second kappa shape index (κ2) is 5.41. The number of nitrogens with two attached hydrogens (primary N) is 1. The van der Waals surface area contributed by atoms with E-state index in [2.05, 4.69) is 10.2 Å². The first kappa shape index (κ1) is 14.2. The zero-order chi connectivity index (χ0) is 14.9. The van der Waals surface area contributed by atoms with Gasteiger partial charge in [0.15, 0.2) is 0 Å². The van der Waals surface area contributed by atoms with Crippen molar-refractivity contribution in [2.75, 3.05) is 5.84 Å². The third-order valence-corrected chi connectivity index (χ3v) is 3.60. The van der Waals surface area contributed by atoms with Gasteiger partial charge >= 0.3 is 0 Å². The molecule has 0 fully saturated rings. The van der Waals surface area contributed by atoms with E-state index in [0.717, 1.165) is 11.8 Å². The second-order valence-corrected chi connectivity index (χ2v) is 4.83. The number of hydrogen-bond donors (Lipinski definition) is 1. The molecule has 1 aromatic heterocycles. The van der Waals surface area contributed by atoms with Crippen molar-refractivity contribution in [1.82, 2.24) is 14.9 Å². The first-order chi connectivity index (χ1) is 9.40. The lowest BCUT2D eigenvalue weighted by Crippen LogP contribution is -2.14. The Kier molecular flexibility index (Phi) is 3.84. The Balaban J connectivity index is 2.29. The third kappa shape index (κ3) is 2.69. The monoisotopic (exact) mass is 301 g/mol. The zero-order valence-electron chi connectivity index (χ0n) is 10.2. The Hall–Kier alpha value is -2.23. The molecule has 0 radical (unpaired) electrons. The predicted octanol–water partition coefficient (Wildman–Crippen LogP) is 2.30. The lowest BCUT2D eigenvalue weighted by molar-refractivity contribution is -0.385. The van der Waals surface area contributed by atoms with Gasteiger partial charge in [-0.15, -0.1) is 10.2 Å². The molecule has 0 saturated carbocycles. The van der Waals surface area contributed by atoms with Crippen molar-refractivity contribution in [2.24, 2.45) is 0 Å². The predicted molar refractivity (Wildman–Crippen MR) is 67.1 cm³/mol. The number of hydrogen-bond acceptors (Lipinski definition) is 6. The molecule has 2 rings (SSSR count). The summed E-state index contributed by atoms with van der Waals surface area (Å²) in [5, 5.41) is 17.6. The molecule has 1 heterocycles. The first-order valence-corrected chi connectivity index (χ1v) is 6.13. The van der Waals surface area contributed by atoms with Gasteiger partial charge in [-0.25, -0.2) is 13.5 Å². The number of nitro groups is 1. The molecule has 2 N–H and O–H groups in total. The molecule has 1 aromatic carbocycles. The molecular formula is C10H9F2N5O2S. The van der Waals surface area contributed by atoms with Crippen LogP contribution in [0.25, 0.3) is 0 Å². The third-order valence-electron chi connectivity index (χ3n) is 2.46. The number of aryl methyl sites for hydroxylation is 1. The second-order valence-electron chi connectivity index (χ2n) is 3.82. The first-order valence-electron chi connectivity index (χ1n) is 5.31. The van der Waals surface area contributed by atoms with Gasteiger partial charge < -0.3 is 5.84 Å². The summed E-state index contributed by atoms with van der Waals surface area (Å²) in [7, 11) is 0. The van der Waals surface area contributed by atoms with Gasteiger partial charge in [0.05, 0.1) is 4.92 Å². The van der Waals surface area contributed by atoms with Gasteiger partial charge in [-0.2, -0.15) is 0 Å². The van der Waals surface area contributed by atoms with Gasteiger partial charge in [0.25, 0.3) is 12.1 Å². The highest BCUT2D eigenvalue weighted by Gasteiger charge is 2.19. The van der Waals surface area contributed by atoms with Crippen LogP contribution in [-0.4, -0.2) is 19.8 Å². The van der Waals surface area contributed by atoms with Crippen molar-refractivity contribution in [1.29, 1.82) is 0 Å². The van der Waals surface area contributed by atoms with Crippen LogP contribution in [-0.2, 0) is 0 Å². The van der Waals surface area contributed by atoms with Crippen LogP contribution in [0.3, 0.4) is 0 Å². The number of aromatic nitrogens is 3. The Morgan fingerprint density at radius 3 is 2.65 bits per heavy atom. The fourth-order valence-electron chi connectivity index (χ4n) is 1.47. The van der Waals surface area contributed by atoms with Crippen LogP contribution >= 0.6 is 11.8 Å². The largest absolute Gasteiger partial charge is 0.335 e. The highest BCUT2D eigenvalue weighted by molar-refractivity contribution is 7.99. The van der Waals surface area contributed by atoms with Crippen molar-refractivity contribution in [3.8, 4) is 0 Å². The highest BCUT2D eigenvalue weighted by atomic mass is 32.2.